The third-order valence-corrected chi connectivity index (χ3v) is 2.74. The number of rotatable bonds is 3. The van der Waals surface area contributed by atoms with Gasteiger partial charge in [-0.2, -0.15) is 23.7 Å². The van der Waals surface area contributed by atoms with Gasteiger partial charge in [0.15, 0.2) is 5.69 Å². The van der Waals surface area contributed by atoms with Crippen LogP contribution >= 0.6 is 0 Å². The molecule has 1 aromatic heterocycles. The molecule has 1 aromatic carbocycles. The lowest BCUT2D eigenvalue weighted by Crippen LogP contribution is -2.17. The fourth-order valence-corrected chi connectivity index (χ4v) is 1.77. The zero-order valence-electron chi connectivity index (χ0n) is 11.6. The zero-order valence-corrected chi connectivity index (χ0v) is 11.6. The fraction of sp³-hybridized carbons (Fsp3) is 0.0714. The van der Waals surface area contributed by atoms with Gasteiger partial charge in [-0.05, 0) is 18.2 Å². The molecule has 10 heteroatoms. The van der Waals surface area contributed by atoms with Gasteiger partial charge in [-0.25, -0.2) is 14.8 Å². The van der Waals surface area contributed by atoms with Crippen LogP contribution in [0.15, 0.2) is 24.4 Å². The maximum atomic E-state index is 12.9. The van der Waals surface area contributed by atoms with Crippen molar-refractivity contribution in [1.82, 2.24) is 9.97 Å². The Balaban J connectivity index is 2.47. The summed E-state index contributed by atoms with van der Waals surface area (Å²) in [4.78, 5) is 17.5. The smallest absolute Gasteiger partial charge is 0.434 e. The number of alkyl halides is 3. The normalized spacial score (nSPS) is 10.5. The van der Waals surface area contributed by atoms with Crippen LogP contribution in [0.5, 0.6) is 0 Å². The number of hydrogen-bond donors (Lipinski definition) is 2. The molecule has 0 fully saturated rings. The first-order valence-corrected chi connectivity index (χ1v) is 6.14. The number of carboxylic acids is 1. The fourth-order valence-electron chi connectivity index (χ4n) is 1.77. The molecule has 0 aliphatic heterocycles. The van der Waals surface area contributed by atoms with Crippen molar-refractivity contribution in [3.8, 4) is 12.1 Å². The van der Waals surface area contributed by atoms with Gasteiger partial charge in [0.2, 0.25) is 5.95 Å². The second-order valence-corrected chi connectivity index (χ2v) is 4.41. The lowest BCUT2D eigenvalue weighted by molar-refractivity contribution is -0.141. The van der Waals surface area contributed by atoms with E-state index in [1.807, 2.05) is 0 Å². The largest absolute Gasteiger partial charge is 0.478 e. The van der Waals surface area contributed by atoms with Gasteiger partial charge in [-0.15, -0.1) is 0 Å². The number of carbonyl (C=O) groups is 1. The van der Waals surface area contributed by atoms with E-state index in [2.05, 4.69) is 15.3 Å². The first-order chi connectivity index (χ1) is 11.2. The zero-order chi connectivity index (χ0) is 17.9. The molecule has 0 unspecified atom stereocenters. The van der Waals surface area contributed by atoms with E-state index in [9.17, 15) is 18.0 Å². The van der Waals surface area contributed by atoms with Crippen molar-refractivity contribution in [3.05, 3.63) is 46.8 Å². The minimum Gasteiger partial charge on any atom is -0.478 e. The summed E-state index contributed by atoms with van der Waals surface area (Å²) in [6.07, 6.45) is -4.46. The van der Waals surface area contributed by atoms with Crippen LogP contribution in [0.3, 0.4) is 0 Å². The van der Waals surface area contributed by atoms with Crippen molar-refractivity contribution in [2.75, 3.05) is 5.32 Å². The monoisotopic (exact) mass is 333 g/mol. The highest BCUT2D eigenvalue weighted by Crippen LogP contribution is 2.31. The molecular formula is C14H6F3N5O2. The molecule has 0 amide bonds. The number of nitrogens with one attached hydrogen (secondary N) is 1. The van der Waals surface area contributed by atoms with Crippen molar-refractivity contribution >= 4 is 17.6 Å². The summed E-state index contributed by atoms with van der Waals surface area (Å²) in [6.45, 7) is 0. The van der Waals surface area contributed by atoms with Gasteiger partial charge in [-0.3, -0.25) is 0 Å². The molecule has 0 spiro atoms. The maximum absolute atomic E-state index is 12.9. The summed E-state index contributed by atoms with van der Waals surface area (Å²) in [6, 6.07) is 7.45. The van der Waals surface area contributed by atoms with E-state index in [0.29, 0.717) is 6.20 Å². The summed E-state index contributed by atoms with van der Waals surface area (Å²) in [5.41, 5.74) is -2.37. The molecule has 0 aliphatic rings. The van der Waals surface area contributed by atoms with Crippen molar-refractivity contribution in [2.45, 2.75) is 6.18 Å². The Morgan fingerprint density at radius 1 is 1.17 bits per heavy atom. The quantitative estimate of drug-likeness (QED) is 0.885. The van der Waals surface area contributed by atoms with Crippen LogP contribution in [-0.4, -0.2) is 21.0 Å². The van der Waals surface area contributed by atoms with Crippen LogP contribution in [-0.2, 0) is 6.18 Å². The van der Waals surface area contributed by atoms with E-state index in [1.165, 1.54) is 18.2 Å². The Morgan fingerprint density at radius 2 is 1.75 bits per heavy atom. The highest BCUT2D eigenvalue weighted by molar-refractivity contribution is 5.88. The van der Waals surface area contributed by atoms with Crippen molar-refractivity contribution in [3.63, 3.8) is 0 Å². The number of benzene rings is 1. The third kappa shape index (κ3) is 3.56. The molecule has 0 saturated carbocycles. The lowest BCUT2D eigenvalue weighted by atomic mass is 10.1. The molecule has 0 atom stereocenters. The van der Waals surface area contributed by atoms with Gasteiger partial charge in [0.25, 0.3) is 0 Å². The molecule has 0 saturated heterocycles. The Morgan fingerprint density at radius 3 is 2.21 bits per heavy atom. The number of anilines is 2. The molecule has 1 heterocycles. The predicted molar refractivity (Wildman–Crippen MR) is 73.1 cm³/mol. The van der Waals surface area contributed by atoms with Crippen molar-refractivity contribution < 1.29 is 23.1 Å². The van der Waals surface area contributed by atoms with E-state index in [0.717, 1.165) is 0 Å². The third-order valence-electron chi connectivity index (χ3n) is 2.74. The maximum Gasteiger partial charge on any atom is 0.434 e. The first-order valence-electron chi connectivity index (χ1n) is 6.14. The van der Waals surface area contributed by atoms with Crippen LogP contribution < -0.4 is 5.32 Å². The summed E-state index contributed by atoms with van der Waals surface area (Å²) < 4.78 is 38.7. The summed E-state index contributed by atoms with van der Waals surface area (Å²) >= 11 is 0. The second kappa shape index (κ2) is 6.22. The average Bonchev–Trinajstić information content (AvgIpc) is 2.53. The van der Waals surface area contributed by atoms with E-state index >= 15 is 0 Å². The molecule has 0 aliphatic carbocycles. The first kappa shape index (κ1) is 16.7. The lowest BCUT2D eigenvalue weighted by Gasteiger charge is -2.11. The van der Waals surface area contributed by atoms with Gasteiger partial charge in [-0.1, -0.05) is 0 Å². The standard InChI is InChI=1S/C14H6F3N5O2/c15-14(16,17)11-10(12(23)24)6-20-13(22-11)21-9-2-7(4-18)1-8(3-9)5-19/h1-3,6H,(H,23,24)(H,20,21,22). The molecule has 120 valence electrons. The molecule has 24 heavy (non-hydrogen) atoms. The second-order valence-electron chi connectivity index (χ2n) is 4.41. The number of aromatic nitrogens is 2. The van der Waals surface area contributed by atoms with Crippen LogP contribution in [0, 0.1) is 22.7 Å². The Labute approximate surface area is 132 Å². The van der Waals surface area contributed by atoms with E-state index in [1.54, 1.807) is 12.1 Å². The Kier molecular flexibility index (Phi) is 4.33. The van der Waals surface area contributed by atoms with E-state index in [4.69, 9.17) is 15.6 Å². The highest BCUT2D eigenvalue weighted by atomic mass is 19.4. The van der Waals surface area contributed by atoms with Crippen LogP contribution in [0.2, 0.25) is 0 Å². The van der Waals surface area contributed by atoms with E-state index < -0.39 is 29.4 Å². The SMILES string of the molecule is N#Cc1cc(C#N)cc(Nc2ncc(C(=O)O)c(C(F)(F)F)n2)c1. The van der Waals surface area contributed by atoms with Gasteiger partial charge in [0, 0.05) is 11.9 Å². The van der Waals surface area contributed by atoms with Crippen LogP contribution in [0.4, 0.5) is 24.8 Å². The minimum atomic E-state index is -4.99. The highest BCUT2D eigenvalue weighted by Gasteiger charge is 2.38. The summed E-state index contributed by atoms with van der Waals surface area (Å²) in [5, 5.41) is 28.9. The van der Waals surface area contributed by atoms with Gasteiger partial charge in [0.1, 0.15) is 5.56 Å². The molecule has 2 rings (SSSR count). The summed E-state index contributed by atoms with van der Waals surface area (Å²) in [5.74, 6) is -2.33. The van der Waals surface area contributed by atoms with Gasteiger partial charge >= 0.3 is 12.1 Å². The molecule has 7 nitrogen and oxygen atoms in total. The number of nitriles is 2. The number of hydrogen-bond acceptors (Lipinski definition) is 6. The van der Waals surface area contributed by atoms with Crippen LogP contribution in [0.1, 0.15) is 27.2 Å². The predicted octanol–water partition coefficient (Wildman–Crippen LogP) is 2.68. The molecule has 2 aromatic rings. The topological polar surface area (TPSA) is 123 Å². The Hall–Kier alpha value is -3.66. The van der Waals surface area contributed by atoms with Crippen molar-refractivity contribution in [2.24, 2.45) is 0 Å². The number of aromatic carboxylic acids is 1. The molecule has 2 N–H and O–H groups in total. The average molecular weight is 333 g/mol. The number of carboxylic acid groups (broad SMARTS) is 1. The van der Waals surface area contributed by atoms with Crippen molar-refractivity contribution in [1.29, 1.82) is 10.5 Å². The van der Waals surface area contributed by atoms with E-state index in [-0.39, 0.29) is 16.8 Å². The molecular weight excluding hydrogens is 327 g/mol. The number of halogens is 3. The number of nitrogens with zero attached hydrogens (tertiary/aromatic N) is 4. The molecule has 0 radical (unpaired) electrons. The summed E-state index contributed by atoms with van der Waals surface area (Å²) in [7, 11) is 0. The van der Waals surface area contributed by atoms with Gasteiger partial charge < -0.3 is 10.4 Å². The van der Waals surface area contributed by atoms with Gasteiger partial charge in [0.05, 0.1) is 23.3 Å². The molecule has 0 bridgehead atoms. The minimum absolute atomic E-state index is 0.106. The Bertz CT molecular complexity index is 864. The van der Waals surface area contributed by atoms with Crippen LogP contribution in [0.25, 0.3) is 0 Å².